The molecule has 0 saturated carbocycles. The molecule has 1 fully saturated rings. The van der Waals surface area contributed by atoms with Gasteiger partial charge in [-0.1, -0.05) is 24.3 Å². The number of hydrogen-bond acceptors (Lipinski definition) is 2. The van der Waals surface area contributed by atoms with Crippen molar-refractivity contribution in [2.45, 2.75) is 18.8 Å². The molecule has 2 heterocycles. The summed E-state index contributed by atoms with van der Waals surface area (Å²) in [5.41, 5.74) is 2.82. The minimum absolute atomic E-state index is 0.00122. The Kier molecular flexibility index (Phi) is 6.02. The van der Waals surface area contributed by atoms with Crippen LogP contribution in [-0.4, -0.2) is 35.5 Å². The van der Waals surface area contributed by atoms with E-state index in [1.807, 2.05) is 17.0 Å². The Morgan fingerprint density at radius 2 is 1.40 bits per heavy atom. The zero-order valence-electron chi connectivity index (χ0n) is 16.5. The van der Waals surface area contributed by atoms with Crippen molar-refractivity contribution in [2.24, 2.45) is 0 Å². The summed E-state index contributed by atoms with van der Waals surface area (Å²) in [5, 5.41) is 0. The van der Waals surface area contributed by atoms with Crippen molar-refractivity contribution in [2.75, 3.05) is 24.5 Å². The highest BCUT2D eigenvalue weighted by atomic mass is 19.1. The molecule has 0 bridgehead atoms. The van der Waals surface area contributed by atoms with Crippen LogP contribution < -0.4 is 4.90 Å². The number of nitrogens with zero attached hydrogens (tertiary/aromatic N) is 3. The average molecular weight is 407 g/mol. The average Bonchev–Trinajstić information content (AvgIpc) is 3.14. The molecule has 0 radical (unpaired) electrons. The van der Waals surface area contributed by atoms with Crippen LogP contribution in [0.15, 0.2) is 73.1 Å². The second kappa shape index (κ2) is 9.03. The van der Waals surface area contributed by atoms with E-state index < -0.39 is 0 Å². The van der Waals surface area contributed by atoms with E-state index in [1.54, 1.807) is 41.6 Å². The summed E-state index contributed by atoms with van der Waals surface area (Å²) < 4.78 is 26.8. The van der Waals surface area contributed by atoms with Gasteiger partial charge in [0.1, 0.15) is 11.6 Å². The highest BCUT2D eigenvalue weighted by Crippen LogP contribution is 2.30. The number of rotatable bonds is 7. The van der Waals surface area contributed by atoms with Crippen LogP contribution in [0.5, 0.6) is 0 Å². The molecule has 2 amide bonds. The molecular weight excluding hydrogens is 384 g/mol. The summed E-state index contributed by atoms with van der Waals surface area (Å²) in [4.78, 5) is 20.4. The Labute approximate surface area is 174 Å². The van der Waals surface area contributed by atoms with E-state index in [1.165, 1.54) is 24.3 Å². The van der Waals surface area contributed by atoms with Gasteiger partial charge in [-0.3, -0.25) is 9.88 Å². The molecule has 0 spiro atoms. The van der Waals surface area contributed by atoms with Crippen molar-refractivity contribution < 1.29 is 13.6 Å². The normalized spacial score (nSPS) is 14.0. The van der Waals surface area contributed by atoms with Crippen molar-refractivity contribution >= 4 is 11.7 Å². The van der Waals surface area contributed by atoms with Crippen LogP contribution in [0.1, 0.15) is 29.9 Å². The maximum Gasteiger partial charge on any atom is 0.324 e. The van der Waals surface area contributed by atoms with Crippen LogP contribution in [0, 0.1) is 11.6 Å². The Bertz CT molecular complexity index is 932. The van der Waals surface area contributed by atoms with E-state index in [0.717, 1.165) is 29.7 Å². The highest BCUT2D eigenvalue weighted by Gasteiger charge is 2.29. The second-order valence-electron chi connectivity index (χ2n) is 7.42. The Balaban J connectivity index is 1.42. The van der Waals surface area contributed by atoms with Gasteiger partial charge in [-0.05, 0) is 60.4 Å². The van der Waals surface area contributed by atoms with Gasteiger partial charge in [0.2, 0.25) is 0 Å². The number of benzene rings is 2. The highest BCUT2D eigenvalue weighted by molar-refractivity contribution is 5.93. The van der Waals surface area contributed by atoms with Crippen LogP contribution in [0.4, 0.5) is 19.3 Å². The molecule has 4 rings (SSSR count). The lowest BCUT2D eigenvalue weighted by molar-refractivity contribution is 0.219. The van der Waals surface area contributed by atoms with Crippen LogP contribution in [-0.2, 0) is 0 Å². The molecule has 0 unspecified atom stereocenters. The van der Waals surface area contributed by atoms with Crippen LogP contribution in [0.25, 0.3) is 0 Å². The molecule has 0 N–H and O–H groups in total. The maximum absolute atomic E-state index is 13.4. The minimum Gasteiger partial charge on any atom is -0.323 e. The fraction of sp³-hybridized carbons (Fsp3) is 0.250. The minimum atomic E-state index is -0.282. The summed E-state index contributed by atoms with van der Waals surface area (Å²) >= 11 is 0. The number of amides is 2. The van der Waals surface area contributed by atoms with E-state index >= 15 is 0 Å². The van der Waals surface area contributed by atoms with Gasteiger partial charge >= 0.3 is 6.03 Å². The monoisotopic (exact) mass is 407 g/mol. The Hall–Kier alpha value is -3.28. The number of aromatic nitrogens is 1. The molecule has 2 aromatic carbocycles. The predicted molar refractivity (Wildman–Crippen MR) is 112 cm³/mol. The summed E-state index contributed by atoms with van der Waals surface area (Å²) in [6.45, 7) is 1.97. The molecular formula is C24H23F2N3O. The lowest BCUT2D eigenvalue weighted by Crippen LogP contribution is -2.32. The standard InChI is InChI=1S/C24H23F2N3O/c25-20-7-3-18(4-8-20)23(19-5-9-21(26)10-6-19)2-1-15-28-16-17-29(24(28)30)22-11-13-27-14-12-22/h3-14,23H,1-2,15-17H2. The number of anilines is 1. The van der Waals surface area contributed by atoms with Gasteiger partial charge < -0.3 is 4.90 Å². The first-order valence-electron chi connectivity index (χ1n) is 10.1. The summed E-state index contributed by atoms with van der Waals surface area (Å²) in [7, 11) is 0. The fourth-order valence-corrected chi connectivity index (χ4v) is 3.96. The number of carbonyl (C=O) groups is 1. The van der Waals surface area contributed by atoms with Crippen molar-refractivity contribution in [1.29, 1.82) is 0 Å². The molecule has 1 aliphatic heterocycles. The third-order valence-electron chi connectivity index (χ3n) is 5.53. The van der Waals surface area contributed by atoms with E-state index in [9.17, 15) is 13.6 Å². The molecule has 1 aromatic heterocycles. The van der Waals surface area contributed by atoms with E-state index in [-0.39, 0.29) is 23.6 Å². The lowest BCUT2D eigenvalue weighted by atomic mass is 9.87. The smallest absolute Gasteiger partial charge is 0.323 e. The number of urea groups is 1. The van der Waals surface area contributed by atoms with E-state index in [4.69, 9.17) is 0 Å². The van der Waals surface area contributed by atoms with Crippen molar-refractivity contribution in [3.8, 4) is 0 Å². The second-order valence-corrected chi connectivity index (χ2v) is 7.42. The number of hydrogen-bond donors (Lipinski definition) is 0. The zero-order chi connectivity index (χ0) is 20.9. The summed E-state index contributed by atoms with van der Waals surface area (Å²) in [5.74, 6) is -0.550. The van der Waals surface area contributed by atoms with Gasteiger partial charge in [-0.25, -0.2) is 13.6 Å². The first-order valence-corrected chi connectivity index (χ1v) is 10.1. The van der Waals surface area contributed by atoms with Gasteiger partial charge in [0.05, 0.1) is 0 Å². The maximum atomic E-state index is 13.4. The number of pyridine rings is 1. The zero-order valence-corrected chi connectivity index (χ0v) is 16.5. The van der Waals surface area contributed by atoms with Gasteiger partial charge in [0.25, 0.3) is 0 Å². The predicted octanol–water partition coefficient (Wildman–Crippen LogP) is 5.21. The molecule has 3 aromatic rings. The first-order chi connectivity index (χ1) is 14.6. The van der Waals surface area contributed by atoms with Crippen LogP contribution >= 0.6 is 0 Å². The molecule has 6 heteroatoms. The van der Waals surface area contributed by atoms with Crippen molar-refractivity contribution in [3.05, 3.63) is 95.8 Å². The van der Waals surface area contributed by atoms with Gasteiger partial charge in [-0.2, -0.15) is 0 Å². The van der Waals surface area contributed by atoms with Crippen LogP contribution in [0.3, 0.4) is 0 Å². The molecule has 1 saturated heterocycles. The number of carbonyl (C=O) groups excluding carboxylic acids is 1. The van der Waals surface area contributed by atoms with E-state index in [0.29, 0.717) is 19.6 Å². The Morgan fingerprint density at radius 1 is 0.833 bits per heavy atom. The van der Waals surface area contributed by atoms with E-state index in [2.05, 4.69) is 4.98 Å². The third-order valence-corrected chi connectivity index (χ3v) is 5.53. The lowest BCUT2D eigenvalue weighted by Gasteiger charge is -2.21. The fourth-order valence-electron chi connectivity index (χ4n) is 3.96. The first kappa shape index (κ1) is 20.0. The van der Waals surface area contributed by atoms with Gasteiger partial charge in [0.15, 0.2) is 0 Å². The van der Waals surface area contributed by atoms with Crippen molar-refractivity contribution in [1.82, 2.24) is 9.88 Å². The largest absolute Gasteiger partial charge is 0.324 e. The van der Waals surface area contributed by atoms with Crippen LogP contribution in [0.2, 0.25) is 0 Å². The summed E-state index contributed by atoms with van der Waals surface area (Å²) in [6, 6.07) is 16.5. The van der Waals surface area contributed by atoms with Gasteiger partial charge in [-0.15, -0.1) is 0 Å². The number of halogens is 2. The van der Waals surface area contributed by atoms with Gasteiger partial charge in [0, 0.05) is 43.6 Å². The quantitative estimate of drug-likeness (QED) is 0.539. The summed E-state index contributed by atoms with van der Waals surface area (Å²) in [6.07, 6.45) is 4.92. The molecule has 0 aliphatic carbocycles. The molecule has 154 valence electrons. The molecule has 0 atom stereocenters. The molecule has 1 aliphatic rings. The topological polar surface area (TPSA) is 36.4 Å². The SMILES string of the molecule is O=C1N(CCCC(c2ccc(F)cc2)c2ccc(F)cc2)CCN1c1ccncc1. The molecule has 30 heavy (non-hydrogen) atoms. The third kappa shape index (κ3) is 4.48. The Morgan fingerprint density at radius 3 is 1.97 bits per heavy atom. The molecule has 4 nitrogen and oxygen atoms in total. The van der Waals surface area contributed by atoms with Crippen molar-refractivity contribution in [3.63, 3.8) is 0 Å².